The number of piperidine rings is 1. The predicted octanol–water partition coefficient (Wildman–Crippen LogP) is 4.85. The molecule has 1 fully saturated rings. The Balaban J connectivity index is 1.37. The quantitative estimate of drug-likeness (QED) is 0.268. The lowest BCUT2D eigenvalue weighted by Gasteiger charge is -2.32. The number of nitro groups is 1. The fraction of sp³-hybridized carbons (Fsp3) is 0.241. The Labute approximate surface area is 220 Å². The Kier molecular flexibility index (Phi) is 7.46. The highest BCUT2D eigenvalue weighted by Gasteiger charge is 2.25. The summed E-state index contributed by atoms with van der Waals surface area (Å²) in [5.74, 6) is 0.403. The number of aromatic nitrogens is 2. The Hall–Kier alpha value is -4.50. The summed E-state index contributed by atoms with van der Waals surface area (Å²) in [6.45, 7) is 2.67. The van der Waals surface area contributed by atoms with Crippen LogP contribution in [0.1, 0.15) is 28.9 Å². The van der Waals surface area contributed by atoms with E-state index in [0.29, 0.717) is 22.8 Å². The van der Waals surface area contributed by atoms with Crippen molar-refractivity contribution < 1.29 is 14.5 Å². The number of nitrogens with zero attached hydrogens (tertiary/aromatic N) is 4. The van der Waals surface area contributed by atoms with Gasteiger partial charge in [0.1, 0.15) is 11.4 Å². The van der Waals surface area contributed by atoms with E-state index in [1.807, 2.05) is 42.5 Å². The SMILES string of the molecule is COc1cccc(-c2cc(C(=O)NC3CCN(Cc4ccccc4)CC3)n(-c3cccc([N+](=O)[O-])c3)n2)c1. The van der Waals surface area contributed by atoms with Gasteiger partial charge in [0, 0.05) is 43.4 Å². The summed E-state index contributed by atoms with van der Waals surface area (Å²) in [6, 6.07) is 25.6. The van der Waals surface area contributed by atoms with Gasteiger partial charge in [0.25, 0.3) is 11.6 Å². The van der Waals surface area contributed by atoms with Crippen molar-refractivity contribution >= 4 is 11.6 Å². The molecule has 0 saturated carbocycles. The van der Waals surface area contributed by atoms with E-state index in [9.17, 15) is 14.9 Å². The Morgan fingerprint density at radius 1 is 1.03 bits per heavy atom. The summed E-state index contributed by atoms with van der Waals surface area (Å²) in [4.78, 5) is 26.8. The van der Waals surface area contributed by atoms with Crippen molar-refractivity contribution in [1.82, 2.24) is 20.0 Å². The van der Waals surface area contributed by atoms with Gasteiger partial charge in [0.2, 0.25) is 0 Å². The topological polar surface area (TPSA) is 103 Å². The van der Waals surface area contributed by atoms with E-state index in [1.165, 1.54) is 22.4 Å². The number of carbonyl (C=O) groups is 1. The van der Waals surface area contributed by atoms with E-state index in [2.05, 4.69) is 27.4 Å². The molecule has 1 amide bonds. The summed E-state index contributed by atoms with van der Waals surface area (Å²) < 4.78 is 6.82. The van der Waals surface area contributed by atoms with Gasteiger partial charge in [0.15, 0.2) is 0 Å². The van der Waals surface area contributed by atoms with Gasteiger partial charge < -0.3 is 10.1 Å². The number of non-ortho nitro benzene ring substituents is 1. The number of nitrogens with one attached hydrogen (secondary N) is 1. The zero-order valence-corrected chi connectivity index (χ0v) is 21.1. The molecular formula is C29H29N5O4. The maximum absolute atomic E-state index is 13.5. The third kappa shape index (κ3) is 5.73. The van der Waals surface area contributed by atoms with Gasteiger partial charge in [-0.05, 0) is 42.7 Å². The number of likely N-dealkylation sites (tertiary alicyclic amines) is 1. The highest BCUT2D eigenvalue weighted by atomic mass is 16.6. The number of rotatable bonds is 8. The first kappa shape index (κ1) is 25.2. The second kappa shape index (κ2) is 11.3. The summed E-state index contributed by atoms with van der Waals surface area (Å²) in [5, 5.41) is 19.2. The maximum Gasteiger partial charge on any atom is 0.271 e. The molecule has 0 aliphatic carbocycles. The summed E-state index contributed by atoms with van der Waals surface area (Å²) in [7, 11) is 1.59. The fourth-order valence-electron chi connectivity index (χ4n) is 4.74. The van der Waals surface area contributed by atoms with Crippen LogP contribution in [0.3, 0.4) is 0 Å². The van der Waals surface area contributed by atoms with E-state index < -0.39 is 4.92 Å². The Morgan fingerprint density at radius 2 is 1.79 bits per heavy atom. The molecule has 1 N–H and O–H groups in total. The molecule has 1 aromatic heterocycles. The molecule has 38 heavy (non-hydrogen) atoms. The van der Waals surface area contributed by atoms with Crippen LogP contribution in [0.2, 0.25) is 0 Å². The average molecular weight is 512 g/mol. The van der Waals surface area contributed by atoms with E-state index in [0.717, 1.165) is 38.0 Å². The molecule has 0 radical (unpaired) electrons. The summed E-state index contributed by atoms with van der Waals surface area (Å²) >= 11 is 0. The van der Waals surface area contributed by atoms with Crippen molar-refractivity contribution in [3.05, 3.63) is 106 Å². The smallest absolute Gasteiger partial charge is 0.271 e. The van der Waals surface area contributed by atoms with Crippen LogP contribution in [0.15, 0.2) is 84.9 Å². The van der Waals surface area contributed by atoms with Gasteiger partial charge in [-0.3, -0.25) is 19.8 Å². The predicted molar refractivity (Wildman–Crippen MR) is 144 cm³/mol. The number of methoxy groups -OCH3 is 1. The fourth-order valence-corrected chi connectivity index (χ4v) is 4.74. The number of hydrogen-bond donors (Lipinski definition) is 1. The van der Waals surface area contributed by atoms with Crippen molar-refractivity contribution in [2.45, 2.75) is 25.4 Å². The molecule has 1 saturated heterocycles. The molecule has 3 aromatic carbocycles. The second-order valence-electron chi connectivity index (χ2n) is 9.35. The van der Waals surface area contributed by atoms with Gasteiger partial charge in [-0.25, -0.2) is 4.68 Å². The summed E-state index contributed by atoms with van der Waals surface area (Å²) in [5.41, 5.74) is 3.31. The molecule has 194 valence electrons. The van der Waals surface area contributed by atoms with Crippen LogP contribution < -0.4 is 10.1 Å². The van der Waals surface area contributed by atoms with Crippen LogP contribution in [0.5, 0.6) is 5.75 Å². The van der Waals surface area contributed by atoms with Crippen molar-refractivity contribution in [1.29, 1.82) is 0 Å². The van der Waals surface area contributed by atoms with Crippen molar-refractivity contribution in [2.24, 2.45) is 0 Å². The van der Waals surface area contributed by atoms with Gasteiger partial charge in [0.05, 0.1) is 23.4 Å². The van der Waals surface area contributed by atoms with Crippen LogP contribution >= 0.6 is 0 Å². The molecule has 4 aromatic rings. The number of ether oxygens (including phenoxy) is 1. The minimum Gasteiger partial charge on any atom is -0.497 e. The minimum absolute atomic E-state index is 0.0308. The van der Waals surface area contributed by atoms with Crippen LogP contribution in [-0.2, 0) is 6.54 Å². The van der Waals surface area contributed by atoms with E-state index in [-0.39, 0.29) is 17.6 Å². The van der Waals surface area contributed by atoms with Gasteiger partial charge in [-0.1, -0.05) is 48.5 Å². The lowest BCUT2D eigenvalue weighted by molar-refractivity contribution is -0.384. The molecule has 0 unspecified atom stereocenters. The molecule has 0 bridgehead atoms. The maximum atomic E-state index is 13.5. The minimum atomic E-state index is -0.459. The van der Waals surface area contributed by atoms with Crippen molar-refractivity contribution in [3.8, 4) is 22.7 Å². The zero-order valence-electron chi connectivity index (χ0n) is 21.1. The van der Waals surface area contributed by atoms with E-state index in [1.54, 1.807) is 25.3 Å². The first-order valence-electron chi connectivity index (χ1n) is 12.6. The number of carbonyl (C=O) groups excluding carboxylic acids is 1. The number of hydrogen-bond acceptors (Lipinski definition) is 6. The highest BCUT2D eigenvalue weighted by Crippen LogP contribution is 2.26. The molecule has 2 heterocycles. The number of nitro benzene ring substituents is 1. The van der Waals surface area contributed by atoms with E-state index >= 15 is 0 Å². The number of amides is 1. The molecule has 0 spiro atoms. The van der Waals surface area contributed by atoms with Crippen LogP contribution in [0, 0.1) is 10.1 Å². The molecule has 9 heteroatoms. The standard InChI is InChI=1S/C29H29N5O4/c1-38-26-12-5-9-22(17-26)27-19-28(33(31-27)24-10-6-11-25(18-24)34(36)37)29(35)30-23-13-15-32(16-14-23)20-21-7-3-2-4-8-21/h2-12,17-19,23H,13-16,20H2,1H3,(H,30,35). The average Bonchev–Trinajstić information content (AvgIpc) is 3.41. The zero-order chi connectivity index (χ0) is 26.5. The molecule has 5 rings (SSSR count). The lowest BCUT2D eigenvalue weighted by Crippen LogP contribution is -2.44. The third-order valence-electron chi connectivity index (χ3n) is 6.76. The lowest BCUT2D eigenvalue weighted by atomic mass is 10.0. The highest BCUT2D eigenvalue weighted by molar-refractivity contribution is 5.94. The van der Waals surface area contributed by atoms with Crippen LogP contribution in [0.4, 0.5) is 5.69 Å². The number of benzene rings is 3. The van der Waals surface area contributed by atoms with Gasteiger partial charge in [-0.2, -0.15) is 5.10 Å². The molecule has 1 aliphatic heterocycles. The van der Waals surface area contributed by atoms with Gasteiger partial charge >= 0.3 is 0 Å². The second-order valence-corrected chi connectivity index (χ2v) is 9.35. The monoisotopic (exact) mass is 511 g/mol. The first-order valence-corrected chi connectivity index (χ1v) is 12.6. The molecule has 9 nitrogen and oxygen atoms in total. The summed E-state index contributed by atoms with van der Waals surface area (Å²) in [6.07, 6.45) is 1.68. The van der Waals surface area contributed by atoms with Crippen LogP contribution in [0.25, 0.3) is 16.9 Å². The Bertz CT molecular complexity index is 1430. The Morgan fingerprint density at radius 3 is 2.53 bits per heavy atom. The molecule has 1 aliphatic rings. The van der Waals surface area contributed by atoms with Crippen molar-refractivity contribution in [3.63, 3.8) is 0 Å². The molecular weight excluding hydrogens is 482 g/mol. The van der Waals surface area contributed by atoms with Crippen molar-refractivity contribution in [2.75, 3.05) is 20.2 Å². The normalized spacial score (nSPS) is 14.2. The third-order valence-corrected chi connectivity index (χ3v) is 6.76. The van der Waals surface area contributed by atoms with E-state index in [4.69, 9.17) is 4.74 Å². The molecule has 0 atom stereocenters. The largest absolute Gasteiger partial charge is 0.497 e. The van der Waals surface area contributed by atoms with Crippen LogP contribution in [-0.4, -0.2) is 51.8 Å². The van der Waals surface area contributed by atoms with Gasteiger partial charge in [-0.15, -0.1) is 0 Å². The first-order chi connectivity index (χ1) is 18.5.